The minimum Gasteiger partial charge on any atom is -0.466 e. The van der Waals surface area contributed by atoms with E-state index in [9.17, 15) is 19.8 Å². The number of allylic oxidation sites excluding steroid dienone is 7. The molecule has 0 saturated heterocycles. The van der Waals surface area contributed by atoms with Crippen LogP contribution in [0, 0.1) is 0 Å². The third-order valence-electron chi connectivity index (χ3n) is 13.8. The van der Waals surface area contributed by atoms with Crippen LogP contribution >= 0.6 is 0 Å². The van der Waals surface area contributed by atoms with Crippen molar-refractivity contribution in [3.63, 3.8) is 0 Å². The molecule has 6 heteroatoms. The van der Waals surface area contributed by atoms with Gasteiger partial charge >= 0.3 is 5.97 Å². The van der Waals surface area contributed by atoms with E-state index < -0.39 is 12.1 Å². The van der Waals surface area contributed by atoms with Gasteiger partial charge in [0.1, 0.15) is 0 Å². The van der Waals surface area contributed by atoms with E-state index >= 15 is 0 Å². The first-order chi connectivity index (χ1) is 34.0. The fraction of sp³-hybridized carbons (Fsp3) is 0.841. The monoisotopic (exact) mass is 968 g/mol. The summed E-state index contributed by atoms with van der Waals surface area (Å²) >= 11 is 0. The van der Waals surface area contributed by atoms with Crippen molar-refractivity contribution in [1.29, 1.82) is 0 Å². The van der Waals surface area contributed by atoms with E-state index in [4.69, 9.17) is 4.74 Å². The number of esters is 1. The van der Waals surface area contributed by atoms with Crippen molar-refractivity contribution in [3.8, 4) is 0 Å². The summed E-state index contributed by atoms with van der Waals surface area (Å²) in [7, 11) is 0. The second-order valence-corrected chi connectivity index (χ2v) is 20.7. The lowest BCUT2D eigenvalue weighted by molar-refractivity contribution is -0.143. The molecule has 0 aliphatic carbocycles. The van der Waals surface area contributed by atoms with Crippen LogP contribution in [-0.4, -0.2) is 47.4 Å². The van der Waals surface area contributed by atoms with Crippen molar-refractivity contribution in [2.75, 3.05) is 13.2 Å². The number of rotatable bonds is 56. The number of carbonyl (C=O) groups is 2. The smallest absolute Gasteiger partial charge is 0.305 e. The zero-order valence-electron chi connectivity index (χ0n) is 46.0. The Morgan fingerprint density at radius 2 is 0.725 bits per heavy atom. The van der Waals surface area contributed by atoms with E-state index in [0.29, 0.717) is 19.4 Å². The molecule has 0 aromatic heterocycles. The Morgan fingerprint density at radius 1 is 0.406 bits per heavy atom. The summed E-state index contributed by atoms with van der Waals surface area (Å²) in [4.78, 5) is 24.6. The summed E-state index contributed by atoms with van der Waals surface area (Å²) < 4.78 is 5.48. The molecule has 0 spiro atoms. The first-order valence-electron chi connectivity index (χ1n) is 30.4. The van der Waals surface area contributed by atoms with Crippen molar-refractivity contribution in [2.24, 2.45) is 0 Å². The maximum absolute atomic E-state index is 12.5. The Balaban J connectivity index is 3.49. The number of nitrogens with one attached hydrogen (secondary N) is 1. The second kappa shape index (κ2) is 58.4. The van der Waals surface area contributed by atoms with Gasteiger partial charge in [0.2, 0.25) is 5.91 Å². The molecule has 0 aliphatic rings. The van der Waals surface area contributed by atoms with Gasteiger partial charge in [-0.05, 0) is 89.9 Å². The van der Waals surface area contributed by atoms with E-state index in [2.05, 4.69) is 55.6 Å². The number of aliphatic hydroxyl groups is 2. The molecule has 0 aromatic rings. The molecule has 0 radical (unpaired) electrons. The first kappa shape index (κ1) is 66.8. The van der Waals surface area contributed by atoms with Crippen LogP contribution < -0.4 is 5.32 Å². The summed E-state index contributed by atoms with van der Waals surface area (Å²) in [6.45, 7) is 4.85. The molecule has 2 unspecified atom stereocenters. The normalized spacial score (nSPS) is 12.9. The number of carbonyl (C=O) groups excluding carboxylic acids is 2. The third-order valence-corrected chi connectivity index (χ3v) is 13.8. The Labute approximate surface area is 429 Å². The van der Waals surface area contributed by atoms with E-state index in [1.807, 2.05) is 6.08 Å². The Hall–Kier alpha value is -2.18. The van der Waals surface area contributed by atoms with Gasteiger partial charge in [0, 0.05) is 12.8 Å². The predicted molar refractivity (Wildman–Crippen MR) is 301 cm³/mol. The van der Waals surface area contributed by atoms with Crippen LogP contribution in [-0.2, 0) is 14.3 Å². The summed E-state index contributed by atoms with van der Waals surface area (Å²) in [5.74, 6) is -0.0974. The molecule has 0 fully saturated rings. The van der Waals surface area contributed by atoms with Gasteiger partial charge in [0.25, 0.3) is 0 Å². The van der Waals surface area contributed by atoms with E-state index in [-0.39, 0.29) is 18.5 Å². The molecule has 1 amide bonds. The second-order valence-electron chi connectivity index (χ2n) is 20.7. The molecule has 0 rings (SSSR count). The zero-order valence-corrected chi connectivity index (χ0v) is 46.0. The molecule has 2 atom stereocenters. The number of unbranched alkanes of at least 4 members (excludes halogenated alkanes) is 39. The summed E-state index contributed by atoms with van der Waals surface area (Å²) in [5.41, 5.74) is 0. The van der Waals surface area contributed by atoms with Gasteiger partial charge in [-0.25, -0.2) is 0 Å². The highest BCUT2D eigenvalue weighted by Crippen LogP contribution is 2.16. The van der Waals surface area contributed by atoms with Gasteiger partial charge in [0.05, 0.1) is 25.4 Å². The molecule has 404 valence electrons. The predicted octanol–water partition coefficient (Wildman–Crippen LogP) is 19.0. The Bertz CT molecular complexity index is 1160. The van der Waals surface area contributed by atoms with Gasteiger partial charge < -0.3 is 20.3 Å². The van der Waals surface area contributed by atoms with Crippen LogP contribution in [0.4, 0.5) is 0 Å². The van der Waals surface area contributed by atoms with Crippen LogP contribution in [0.3, 0.4) is 0 Å². The van der Waals surface area contributed by atoms with Crippen molar-refractivity contribution < 1.29 is 24.5 Å². The quantitative estimate of drug-likeness (QED) is 0.0321. The minimum absolute atomic E-state index is 0.0151. The van der Waals surface area contributed by atoms with Gasteiger partial charge in [-0.1, -0.05) is 262 Å². The molecule has 0 bridgehead atoms. The number of amides is 1. The highest BCUT2D eigenvalue weighted by atomic mass is 16.5. The molecule has 3 N–H and O–H groups in total. The number of aliphatic hydroxyl groups excluding tert-OH is 2. The lowest BCUT2D eigenvalue weighted by Crippen LogP contribution is -2.45. The molecule has 0 aromatic carbocycles. The fourth-order valence-electron chi connectivity index (χ4n) is 9.13. The lowest BCUT2D eigenvalue weighted by Gasteiger charge is -2.20. The Morgan fingerprint density at radius 3 is 1.14 bits per heavy atom. The fourth-order valence-corrected chi connectivity index (χ4v) is 9.13. The number of ether oxygens (including phenoxy) is 1. The van der Waals surface area contributed by atoms with Crippen molar-refractivity contribution in [1.82, 2.24) is 5.32 Å². The van der Waals surface area contributed by atoms with Gasteiger partial charge in [-0.2, -0.15) is 0 Å². The van der Waals surface area contributed by atoms with Gasteiger partial charge in [-0.15, -0.1) is 0 Å². The molecule has 0 saturated carbocycles. The average molecular weight is 969 g/mol. The largest absolute Gasteiger partial charge is 0.466 e. The molecule has 69 heavy (non-hydrogen) atoms. The zero-order chi connectivity index (χ0) is 50.0. The lowest BCUT2D eigenvalue weighted by atomic mass is 10.0. The molecular weight excluding hydrogens is 851 g/mol. The standard InChI is InChI=1S/C63H117NO5/c1-3-5-7-9-11-13-15-17-19-21-23-25-29-33-37-41-45-49-53-57-63(68)69-58-54-50-46-42-38-34-30-26-28-32-36-40-44-48-52-56-62(67)64-60(59-65)61(66)55-51-47-43-39-35-31-27-24-22-20-18-16-14-12-10-8-6-4-2/h11,13,17,19,30,34,51,55,60-61,65-66H,3-10,12,14-16,18,20-29,31-33,35-50,52-54,56-59H2,1-2H3,(H,64,67)/b13-11-,19-17-,34-30-,55-51+. The highest BCUT2D eigenvalue weighted by Gasteiger charge is 2.18. The number of hydrogen-bond acceptors (Lipinski definition) is 5. The maximum atomic E-state index is 12.5. The summed E-state index contributed by atoms with van der Waals surface area (Å²) in [6.07, 6.45) is 74.2. The van der Waals surface area contributed by atoms with Crippen molar-refractivity contribution in [2.45, 2.75) is 328 Å². The number of hydrogen-bond donors (Lipinski definition) is 3. The minimum atomic E-state index is -0.856. The Kier molecular flexibility index (Phi) is 56.5. The summed E-state index contributed by atoms with van der Waals surface area (Å²) in [5, 5.41) is 23.1. The maximum Gasteiger partial charge on any atom is 0.305 e. The average Bonchev–Trinajstić information content (AvgIpc) is 3.35. The van der Waals surface area contributed by atoms with Gasteiger partial charge in [-0.3, -0.25) is 9.59 Å². The van der Waals surface area contributed by atoms with Crippen LogP contribution in [0.15, 0.2) is 48.6 Å². The SMILES string of the molecule is CCCCC/C=C\C/C=C\CCCCCCCCCCCC(=O)OCCCCCC/C=C\CCCCCCCCCC(=O)NC(CO)C(O)/C=C/CCCCCCCCCCCCCCCCCC. The van der Waals surface area contributed by atoms with Crippen LogP contribution in [0.25, 0.3) is 0 Å². The highest BCUT2D eigenvalue weighted by molar-refractivity contribution is 5.76. The van der Waals surface area contributed by atoms with Crippen molar-refractivity contribution in [3.05, 3.63) is 48.6 Å². The molecule has 0 aliphatic heterocycles. The van der Waals surface area contributed by atoms with Crippen LogP contribution in [0.5, 0.6) is 0 Å². The van der Waals surface area contributed by atoms with E-state index in [1.54, 1.807) is 6.08 Å². The topological polar surface area (TPSA) is 95.9 Å². The van der Waals surface area contributed by atoms with Crippen molar-refractivity contribution >= 4 is 11.9 Å². The van der Waals surface area contributed by atoms with E-state index in [1.165, 1.54) is 212 Å². The van der Waals surface area contributed by atoms with Crippen LogP contribution in [0.1, 0.15) is 316 Å². The van der Waals surface area contributed by atoms with Gasteiger partial charge in [0.15, 0.2) is 0 Å². The van der Waals surface area contributed by atoms with Crippen LogP contribution in [0.2, 0.25) is 0 Å². The first-order valence-corrected chi connectivity index (χ1v) is 30.4. The third kappa shape index (κ3) is 55.0. The van der Waals surface area contributed by atoms with E-state index in [0.717, 1.165) is 77.0 Å². The molecule has 6 nitrogen and oxygen atoms in total. The molecule has 0 heterocycles. The molecular formula is C63H117NO5. The summed E-state index contributed by atoms with van der Waals surface area (Å²) in [6, 6.07) is -0.641.